The van der Waals surface area contributed by atoms with Crippen molar-refractivity contribution in [1.29, 1.82) is 0 Å². The molecule has 2 fully saturated rings. The number of piperidine rings is 1. The number of nitrogens with zero attached hydrogens (tertiary/aromatic N) is 2. The molecule has 2 saturated heterocycles. The van der Waals surface area contributed by atoms with Crippen LogP contribution in [0.25, 0.3) is 0 Å². The maximum absolute atomic E-state index is 14.7. The number of rotatable bonds is 5. The van der Waals surface area contributed by atoms with Crippen molar-refractivity contribution < 1.29 is 17.5 Å². The third-order valence-corrected chi connectivity index (χ3v) is 7.87. The number of ether oxygens (including phenoxy) is 1. The fraction of sp³-hybridized carbons (Fsp3) is 0.647. The summed E-state index contributed by atoms with van der Waals surface area (Å²) in [7, 11) is -3.55. The first-order valence-corrected chi connectivity index (χ1v) is 11.2. The van der Waals surface area contributed by atoms with Gasteiger partial charge in [0.05, 0.1) is 18.1 Å². The van der Waals surface area contributed by atoms with E-state index in [0.29, 0.717) is 50.7 Å². The number of hydrogen-bond acceptors (Lipinski definition) is 5. The molecule has 25 heavy (non-hydrogen) atoms. The van der Waals surface area contributed by atoms with Crippen LogP contribution in [0.5, 0.6) is 0 Å². The summed E-state index contributed by atoms with van der Waals surface area (Å²) < 4.78 is 47.4. The summed E-state index contributed by atoms with van der Waals surface area (Å²) in [6.07, 6.45) is 3.13. The van der Waals surface area contributed by atoms with Gasteiger partial charge in [0.25, 0.3) is 0 Å². The van der Waals surface area contributed by atoms with Crippen molar-refractivity contribution in [3.8, 4) is 0 Å². The van der Waals surface area contributed by atoms with Crippen LogP contribution in [0.1, 0.15) is 18.4 Å². The highest BCUT2D eigenvalue weighted by Gasteiger charge is 2.35. The summed E-state index contributed by atoms with van der Waals surface area (Å²) >= 11 is 1.25. The summed E-state index contributed by atoms with van der Waals surface area (Å²) in [5.41, 5.74) is 0.736. The number of morpholine rings is 1. The van der Waals surface area contributed by atoms with Gasteiger partial charge in [-0.25, -0.2) is 12.8 Å². The average molecular weight is 389 g/mol. The van der Waals surface area contributed by atoms with Crippen molar-refractivity contribution in [2.24, 2.45) is 0 Å². The van der Waals surface area contributed by atoms with Gasteiger partial charge in [0.2, 0.25) is 10.0 Å². The zero-order chi connectivity index (χ0) is 17.9. The molecule has 2 aliphatic heterocycles. The molecule has 0 amide bonds. The highest BCUT2D eigenvalue weighted by molar-refractivity contribution is 7.99. The third kappa shape index (κ3) is 4.36. The molecule has 0 radical (unpaired) electrons. The van der Waals surface area contributed by atoms with Crippen LogP contribution in [-0.2, 0) is 21.3 Å². The fourth-order valence-corrected chi connectivity index (χ4v) is 5.70. The van der Waals surface area contributed by atoms with Gasteiger partial charge >= 0.3 is 0 Å². The van der Waals surface area contributed by atoms with E-state index in [0.717, 1.165) is 18.5 Å². The van der Waals surface area contributed by atoms with Gasteiger partial charge in [-0.3, -0.25) is 4.90 Å². The zero-order valence-electron chi connectivity index (χ0n) is 14.5. The summed E-state index contributed by atoms with van der Waals surface area (Å²) in [6.45, 7) is 3.17. The zero-order valence-corrected chi connectivity index (χ0v) is 16.1. The van der Waals surface area contributed by atoms with Crippen LogP contribution in [-0.4, -0.2) is 68.3 Å². The SMILES string of the molecule is CSC1(F)CCCN(Cc2ccccc2S(=O)(=O)N2CCOCC2)C1. The average Bonchev–Trinajstić information content (AvgIpc) is 2.63. The van der Waals surface area contributed by atoms with Gasteiger partial charge in [0, 0.05) is 26.2 Å². The van der Waals surface area contributed by atoms with Crippen LogP contribution in [0.4, 0.5) is 4.39 Å². The predicted octanol–water partition coefficient (Wildman–Crippen LogP) is 2.33. The van der Waals surface area contributed by atoms with E-state index >= 15 is 0 Å². The molecule has 140 valence electrons. The molecule has 2 aliphatic rings. The quantitative estimate of drug-likeness (QED) is 0.775. The summed E-state index contributed by atoms with van der Waals surface area (Å²) in [5.74, 6) is 0. The van der Waals surface area contributed by atoms with Crippen molar-refractivity contribution >= 4 is 21.8 Å². The lowest BCUT2D eigenvalue weighted by Crippen LogP contribution is -2.43. The number of halogens is 1. The van der Waals surface area contributed by atoms with Crippen LogP contribution in [0.15, 0.2) is 29.2 Å². The monoisotopic (exact) mass is 388 g/mol. The highest BCUT2D eigenvalue weighted by Crippen LogP contribution is 2.35. The molecule has 0 aromatic heterocycles. The Hall–Kier alpha value is -0.670. The van der Waals surface area contributed by atoms with Gasteiger partial charge in [-0.15, -0.1) is 11.8 Å². The molecule has 0 saturated carbocycles. The first-order chi connectivity index (χ1) is 11.9. The number of benzene rings is 1. The van der Waals surface area contributed by atoms with Crippen molar-refractivity contribution in [3.63, 3.8) is 0 Å². The van der Waals surface area contributed by atoms with Gasteiger partial charge in [-0.2, -0.15) is 4.31 Å². The predicted molar refractivity (Wildman–Crippen MR) is 97.9 cm³/mol. The van der Waals surface area contributed by atoms with Gasteiger partial charge in [-0.05, 0) is 37.3 Å². The van der Waals surface area contributed by atoms with Crippen LogP contribution in [0.2, 0.25) is 0 Å². The van der Waals surface area contributed by atoms with Gasteiger partial charge in [0.15, 0.2) is 5.00 Å². The molecular weight excluding hydrogens is 363 g/mol. The summed E-state index contributed by atoms with van der Waals surface area (Å²) in [5, 5.41) is -1.24. The van der Waals surface area contributed by atoms with Crippen LogP contribution >= 0.6 is 11.8 Å². The lowest BCUT2D eigenvalue weighted by atomic mass is 10.1. The Labute approximate surface area is 153 Å². The molecule has 2 heterocycles. The standard InChI is InChI=1S/C17H25FN2O3S2/c1-24-17(18)7-4-8-19(14-17)13-15-5-2-3-6-16(15)25(21,22)20-9-11-23-12-10-20/h2-3,5-6H,4,7-14H2,1H3. The van der Waals surface area contributed by atoms with E-state index in [4.69, 9.17) is 4.74 Å². The topological polar surface area (TPSA) is 49.9 Å². The van der Waals surface area contributed by atoms with Crippen molar-refractivity contribution in [2.75, 3.05) is 45.6 Å². The smallest absolute Gasteiger partial charge is 0.243 e. The Kier molecular flexibility index (Phi) is 6.05. The number of alkyl halides is 1. The first kappa shape index (κ1) is 19.1. The fourth-order valence-electron chi connectivity index (χ4n) is 3.41. The van der Waals surface area contributed by atoms with Crippen molar-refractivity contribution in [2.45, 2.75) is 29.3 Å². The molecular formula is C17H25FN2O3S2. The highest BCUT2D eigenvalue weighted by atomic mass is 32.2. The Morgan fingerprint density at radius 2 is 1.96 bits per heavy atom. The second-order valence-electron chi connectivity index (χ2n) is 6.53. The minimum Gasteiger partial charge on any atom is -0.379 e. The molecule has 1 aromatic carbocycles. The molecule has 8 heteroatoms. The molecule has 0 bridgehead atoms. The van der Waals surface area contributed by atoms with Gasteiger partial charge < -0.3 is 4.74 Å². The van der Waals surface area contributed by atoms with E-state index in [1.165, 1.54) is 16.1 Å². The first-order valence-electron chi connectivity index (χ1n) is 8.57. The lowest BCUT2D eigenvalue weighted by Gasteiger charge is -2.36. The molecule has 5 nitrogen and oxygen atoms in total. The van der Waals surface area contributed by atoms with E-state index in [9.17, 15) is 12.8 Å². The number of sulfonamides is 1. The Bertz CT molecular complexity index is 695. The Morgan fingerprint density at radius 1 is 1.24 bits per heavy atom. The molecule has 0 aliphatic carbocycles. The van der Waals surface area contributed by atoms with Crippen molar-refractivity contribution in [3.05, 3.63) is 29.8 Å². The van der Waals surface area contributed by atoms with Gasteiger partial charge in [0.1, 0.15) is 0 Å². The summed E-state index contributed by atoms with van der Waals surface area (Å²) in [6, 6.07) is 7.07. The lowest BCUT2D eigenvalue weighted by molar-refractivity contribution is 0.0729. The molecule has 1 aromatic rings. The number of hydrogen-bond donors (Lipinski definition) is 0. The molecule has 0 spiro atoms. The molecule has 1 unspecified atom stereocenters. The summed E-state index contributed by atoms with van der Waals surface area (Å²) in [4.78, 5) is 2.35. The Morgan fingerprint density at radius 3 is 2.68 bits per heavy atom. The second-order valence-corrected chi connectivity index (χ2v) is 9.57. The van der Waals surface area contributed by atoms with Crippen LogP contribution in [0, 0.1) is 0 Å². The van der Waals surface area contributed by atoms with E-state index in [1.807, 2.05) is 17.0 Å². The van der Waals surface area contributed by atoms with Crippen molar-refractivity contribution in [1.82, 2.24) is 9.21 Å². The van der Waals surface area contributed by atoms with E-state index < -0.39 is 15.0 Å². The minimum atomic E-state index is -3.55. The molecule has 1 atom stereocenters. The normalized spacial score (nSPS) is 26.6. The van der Waals surface area contributed by atoms with E-state index in [2.05, 4.69) is 0 Å². The van der Waals surface area contributed by atoms with E-state index in [1.54, 1.807) is 18.4 Å². The maximum Gasteiger partial charge on any atom is 0.243 e. The van der Waals surface area contributed by atoms with E-state index in [-0.39, 0.29) is 0 Å². The number of thioether (sulfide) groups is 1. The third-order valence-electron chi connectivity index (χ3n) is 4.80. The van der Waals surface area contributed by atoms with Gasteiger partial charge in [-0.1, -0.05) is 18.2 Å². The Balaban J connectivity index is 1.81. The number of likely N-dealkylation sites (tertiary alicyclic amines) is 1. The molecule has 3 rings (SSSR count). The molecule has 0 N–H and O–H groups in total. The second kappa shape index (κ2) is 7.92. The van der Waals surface area contributed by atoms with Crippen LogP contribution in [0.3, 0.4) is 0 Å². The minimum absolute atomic E-state index is 0.330. The maximum atomic E-state index is 14.7. The van der Waals surface area contributed by atoms with Crippen LogP contribution < -0.4 is 0 Å². The largest absolute Gasteiger partial charge is 0.379 e.